The van der Waals surface area contributed by atoms with Gasteiger partial charge >= 0.3 is 0 Å². The molecule has 1 unspecified atom stereocenters. The highest BCUT2D eigenvalue weighted by molar-refractivity contribution is 7.98. The molecular weight excluding hydrogens is 448 g/mol. The van der Waals surface area contributed by atoms with Crippen molar-refractivity contribution in [2.45, 2.75) is 23.8 Å². The molecule has 0 spiro atoms. The second-order valence-corrected chi connectivity index (χ2v) is 9.18. The zero-order valence-corrected chi connectivity index (χ0v) is 20.2. The van der Waals surface area contributed by atoms with Gasteiger partial charge in [-0.05, 0) is 49.4 Å². The molecule has 3 aromatic rings. The standard InChI is InChI=1S/C23H26N2O5S2/c1-27-18-10-14(11-19(28-2)21(18)29-3)22(26)25(13-15-6-5-9-30-15)23-24-17-8-7-16(31-4)12-20(17)32-23/h7-8,10-12,15H,5-6,9,13H2,1-4H3. The summed E-state index contributed by atoms with van der Waals surface area (Å²) < 4.78 is 23.2. The number of thioether (sulfide) groups is 1. The Morgan fingerprint density at radius 3 is 2.53 bits per heavy atom. The van der Waals surface area contributed by atoms with E-state index in [0.717, 1.165) is 28.0 Å². The van der Waals surface area contributed by atoms with Gasteiger partial charge in [-0.15, -0.1) is 11.8 Å². The van der Waals surface area contributed by atoms with E-state index < -0.39 is 0 Å². The minimum atomic E-state index is -0.191. The predicted octanol–water partition coefficient (Wildman–Crippen LogP) is 4.87. The number of hydrogen-bond donors (Lipinski definition) is 0. The molecule has 1 fully saturated rings. The molecule has 2 aromatic carbocycles. The van der Waals surface area contributed by atoms with Gasteiger partial charge in [0, 0.05) is 17.1 Å². The van der Waals surface area contributed by atoms with Crippen LogP contribution >= 0.6 is 23.1 Å². The number of anilines is 1. The first-order valence-corrected chi connectivity index (χ1v) is 12.3. The number of thiazole rings is 1. The number of nitrogens with zero attached hydrogens (tertiary/aromatic N) is 2. The zero-order chi connectivity index (χ0) is 22.7. The van der Waals surface area contributed by atoms with Crippen LogP contribution in [0.15, 0.2) is 35.2 Å². The zero-order valence-electron chi connectivity index (χ0n) is 18.5. The summed E-state index contributed by atoms with van der Waals surface area (Å²) in [7, 11) is 4.61. The van der Waals surface area contributed by atoms with Crippen LogP contribution in [0.4, 0.5) is 5.13 Å². The molecule has 170 valence electrons. The Kier molecular flexibility index (Phi) is 7.07. The molecule has 32 heavy (non-hydrogen) atoms. The largest absolute Gasteiger partial charge is 0.493 e. The van der Waals surface area contributed by atoms with E-state index in [9.17, 15) is 4.79 Å². The number of fused-ring (bicyclic) bond motifs is 1. The fourth-order valence-electron chi connectivity index (χ4n) is 3.74. The van der Waals surface area contributed by atoms with E-state index in [1.165, 1.54) is 32.7 Å². The number of methoxy groups -OCH3 is 3. The molecule has 1 aromatic heterocycles. The monoisotopic (exact) mass is 474 g/mol. The van der Waals surface area contributed by atoms with Gasteiger partial charge in [0.1, 0.15) is 0 Å². The summed E-state index contributed by atoms with van der Waals surface area (Å²) in [6.07, 6.45) is 3.93. The van der Waals surface area contributed by atoms with Crippen LogP contribution in [0.3, 0.4) is 0 Å². The molecule has 7 nitrogen and oxygen atoms in total. The fraction of sp³-hybridized carbons (Fsp3) is 0.391. The van der Waals surface area contributed by atoms with E-state index in [0.29, 0.717) is 41.1 Å². The Bertz CT molecular complexity index is 1090. The second-order valence-electron chi connectivity index (χ2n) is 7.29. The summed E-state index contributed by atoms with van der Waals surface area (Å²) in [5, 5.41) is 0.646. The first-order chi connectivity index (χ1) is 15.6. The lowest BCUT2D eigenvalue weighted by molar-refractivity contribution is 0.0917. The van der Waals surface area contributed by atoms with Gasteiger partial charge in [0.15, 0.2) is 16.6 Å². The van der Waals surface area contributed by atoms with Gasteiger partial charge in [-0.3, -0.25) is 9.69 Å². The normalized spacial score (nSPS) is 15.7. The maximum atomic E-state index is 13.7. The van der Waals surface area contributed by atoms with Crippen molar-refractivity contribution >= 4 is 44.4 Å². The summed E-state index contributed by atoms with van der Waals surface area (Å²) in [5.41, 5.74) is 1.30. The molecule has 4 rings (SSSR count). The topological polar surface area (TPSA) is 70.1 Å². The third-order valence-corrected chi connectivity index (χ3v) is 7.15. The van der Waals surface area contributed by atoms with Crippen LogP contribution in [-0.4, -0.2) is 57.7 Å². The quantitative estimate of drug-likeness (QED) is 0.431. The minimum Gasteiger partial charge on any atom is -0.493 e. The molecule has 2 heterocycles. The molecule has 1 aliphatic heterocycles. The summed E-state index contributed by atoms with van der Waals surface area (Å²) in [6.45, 7) is 1.15. The number of amides is 1. The summed E-state index contributed by atoms with van der Waals surface area (Å²) in [4.78, 5) is 21.4. The van der Waals surface area contributed by atoms with Gasteiger partial charge in [-0.2, -0.15) is 0 Å². The number of ether oxygens (including phenoxy) is 4. The van der Waals surface area contributed by atoms with Crippen LogP contribution in [0.25, 0.3) is 10.2 Å². The molecule has 0 radical (unpaired) electrons. The van der Waals surface area contributed by atoms with E-state index >= 15 is 0 Å². The highest BCUT2D eigenvalue weighted by Gasteiger charge is 2.28. The Balaban J connectivity index is 1.76. The lowest BCUT2D eigenvalue weighted by atomic mass is 10.1. The second kappa shape index (κ2) is 9.97. The third-order valence-electron chi connectivity index (χ3n) is 5.38. The molecule has 0 aliphatic carbocycles. The van der Waals surface area contributed by atoms with E-state index in [1.807, 2.05) is 18.4 Å². The van der Waals surface area contributed by atoms with Crippen molar-refractivity contribution in [3.63, 3.8) is 0 Å². The van der Waals surface area contributed by atoms with Gasteiger partial charge < -0.3 is 18.9 Å². The molecule has 0 saturated carbocycles. The Morgan fingerprint density at radius 1 is 1.19 bits per heavy atom. The van der Waals surface area contributed by atoms with E-state index in [2.05, 4.69) is 6.07 Å². The summed E-state index contributed by atoms with van der Waals surface area (Å²) in [5.74, 6) is 1.12. The molecule has 1 atom stereocenters. The van der Waals surface area contributed by atoms with Gasteiger partial charge in [-0.1, -0.05) is 11.3 Å². The molecule has 1 amide bonds. The first-order valence-electron chi connectivity index (χ1n) is 10.3. The van der Waals surface area contributed by atoms with Crippen molar-refractivity contribution in [2.75, 3.05) is 45.6 Å². The minimum absolute atomic E-state index is 0.0187. The highest BCUT2D eigenvalue weighted by atomic mass is 32.2. The molecule has 0 N–H and O–H groups in total. The number of carbonyl (C=O) groups is 1. The number of rotatable bonds is 8. The summed E-state index contributed by atoms with van der Waals surface area (Å²) >= 11 is 3.19. The number of hydrogen-bond acceptors (Lipinski definition) is 8. The van der Waals surface area contributed by atoms with Crippen LogP contribution in [0, 0.1) is 0 Å². The third kappa shape index (κ3) is 4.51. The number of benzene rings is 2. The first kappa shape index (κ1) is 22.7. The van der Waals surface area contributed by atoms with Crippen molar-refractivity contribution in [3.05, 3.63) is 35.9 Å². The number of aromatic nitrogens is 1. The van der Waals surface area contributed by atoms with Crippen molar-refractivity contribution in [1.82, 2.24) is 4.98 Å². The van der Waals surface area contributed by atoms with Gasteiger partial charge in [0.25, 0.3) is 5.91 Å². The van der Waals surface area contributed by atoms with E-state index in [1.54, 1.807) is 28.8 Å². The molecule has 1 aliphatic rings. The Labute approximate surface area is 195 Å². The van der Waals surface area contributed by atoms with Gasteiger partial charge in [0.05, 0.1) is 44.2 Å². The average Bonchev–Trinajstić information content (AvgIpc) is 3.49. The van der Waals surface area contributed by atoms with Crippen LogP contribution < -0.4 is 19.1 Å². The molecule has 0 bridgehead atoms. The fourth-order valence-corrected chi connectivity index (χ4v) is 5.26. The smallest absolute Gasteiger partial charge is 0.260 e. The van der Waals surface area contributed by atoms with E-state index in [4.69, 9.17) is 23.9 Å². The average molecular weight is 475 g/mol. The van der Waals surface area contributed by atoms with Crippen molar-refractivity contribution in [2.24, 2.45) is 0 Å². The SMILES string of the molecule is COc1cc(C(=O)N(CC2CCCO2)c2nc3ccc(SC)cc3s2)cc(OC)c1OC. The van der Waals surface area contributed by atoms with Crippen molar-refractivity contribution < 1.29 is 23.7 Å². The van der Waals surface area contributed by atoms with Crippen LogP contribution in [0.2, 0.25) is 0 Å². The Morgan fingerprint density at radius 2 is 1.94 bits per heavy atom. The molecular formula is C23H26N2O5S2. The predicted molar refractivity (Wildman–Crippen MR) is 128 cm³/mol. The number of carbonyl (C=O) groups excluding carboxylic acids is 1. The van der Waals surface area contributed by atoms with Crippen molar-refractivity contribution in [3.8, 4) is 17.2 Å². The molecule has 1 saturated heterocycles. The lowest BCUT2D eigenvalue weighted by Gasteiger charge is -2.24. The molecule has 9 heteroatoms. The van der Waals surface area contributed by atoms with Gasteiger partial charge in [-0.25, -0.2) is 4.98 Å². The summed E-state index contributed by atoms with van der Waals surface area (Å²) in [6, 6.07) is 9.49. The van der Waals surface area contributed by atoms with Crippen LogP contribution in [0.5, 0.6) is 17.2 Å². The Hall–Kier alpha value is -2.49. The van der Waals surface area contributed by atoms with Crippen LogP contribution in [-0.2, 0) is 4.74 Å². The van der Waals surface area contributed by atoms with Crippen molar-refractivity contribution in [1.29, 1.82) is 0 Å². The van der Waals surface area contributed by atoms with Gasteiger partial charge in [0.2, 0.25) is 5.75 Å². The highest BCUT2D eigenvalue weighted by Crippen LogP contribution is 2.39. The van der Waals surface area contributed by atoms with Crippen LogP contribution in [0.1, 0.15) is 23.2 Å². The van der Waals surface area contributed by atoms with E-state index in [-0.39, 0.29) is 12.0 Å². The lowest BCUT2D eigenvalue weighted by Crippen LogP contribution is -2.37. The maximum absolute atomic E-state index is 13.7. The maximum Gasteiger partial charge on any atom is 0.260 e.